The van der Waals surface area contributed by atoms with E-state index in [-0.39, 0.29) is 6.61 Å². The average Bonchev–Trinajstić information content (AvgIpc) is 2.34. The van der Waals surface area contributed by atoms with Gasteiger partial charge in [0.15, 0.2) is 12.4 Å². The molecular weight excluding hydrogens is 140 g/mol. The van der Waals surface area contributed by atoms with Crippen LogP contribution in [0.5, 0.6) is 0 Å². The molecule has 0 aromatic rings. The lowest BCUT2D eigenvalue weighted by Crippen LogP contribution is -2.22. The Morgan fingerprint density at radius 3 is 2.70 bits per heavy atom. The molecular formula is C5H6O5. The van der Waals surface area contributed by atoms with Gasteiger partial charge in [-0.05, 0) is 0 Å². The second-order valence-corrected chi connectivity index (χ2v) is 1.80. The number of rotatable bonds is 2. The fraction of sp³-hybridized carbons (Fsp3) is 0.600. The molecule has 0 spiro atoms. The van der Waals surface area contributed by atoms with Crippen LogP contribution >= 0.6 is 0 Å². The maximum Gasteiger partial charge on any atom is 0.335 e. The number of aldehydes is 1. The molecule has 5 nitrogen and oxygen atoms in total. The molecule has 0 saturated carbocycles. The molecule has 0 radical (unpaired) electrons. The monoisotopic (exact) mass is 146 g/mol. The van der Waals surface area contributed by atoms with Gasteiger partial charge < -0.3 is 14.6 Å². The van der Waals surface area contributed by atoms with Crippen LogP contribution in [0.15, 0.2) is 0 Å². The zero-order valence-corrected chi connectivity index (χ0v) is 5.02. The lowest BCUT2D eigenvalue weighted by Gasteiger charge is -1.99. The number of ether oxygens (including phenoxy) is 2. The van der Waals surface area contributed by atoms with E-state index in [1.54, 1.807) is 0 Å². The molecule has 5 heteroatoms. The highest BCUT2D eigenvalue weighted by Gasteiger charge is 2.30. The Morgan fingerprint density at radius 2 is 2.40 bits per heavy atom. The number of hydrogen-bond donors (Lipinski definition) is 1. The largest absolute Gasteiger partial charge is 0.479 e. The Morgan fingerprint density at radius 1 is 1.70 bits per heavy atom. The number of carbonyl (C=O) groups is 2. The van der Waals surface area contributed by atoms with Crippen molar-refractivity contribution in [3.8, 4) is 0 Å². The summed E-state index contributed by atoms with van der Waals surface area (Å²) >= 11 is 0. The molecule has 0 aromatic heterocycles. The van der Waals surface area contributed by atoms with Crippen molar-refractivity contribution in [3.63, 3.8) is 0 Å². The summed E-state index contributed by atoms with van der Waals surface area (Å²) in [6.45, 7) is -0.0568. The predicted octanol–water partition coefficient (Wildman–Crippen LogP) is -0.989. The second-order valence-electron chi connectivity index (χ2n) is 1.80. The number of aliphatic carboxylic acids is 1. The molecule has 56 valence electrons. The van der Waals surface area contributed by atoms with Gasteiger partial charge in [-0.1, -0.05) is 0 Å². The zero-order chi connectivity index (χ0) is 7.56. The van der Waals surface area contributed by atoms with Crippen LogP contribution in [0.2, 0.25) is 0 Å². The van der Waals surface area contributed by atoms with Gasteiger partial charge in [-0.2, -0.15) is 0 Å². The van der Waals surface area contributed by atoms with Gasteiger partial charge in [0.25, 0.3) is 0 Å². The van der Waals surface area contributed by atoms with Crippen molar-refractivity contribution in [2.75, 3.05) is 6.61 Å². The van der Waals surface area contributed by atoms with Crippen LogP contribution in [0.1, 0.15) is 0 Å². The summed E-state index contributed by atoms with van der Waals surface area (Å²) < 4.78 is 9.19. The molecule has 0 aliphatic carbocycles. The minimum Gasteiger partial charge on any atom is -0.479 e. The smallest absolute Gasteiger partial charge is 0.335 e. The van der Waals surface area contributed by atoms with E-state index in [1.807, 2.05) is 0 Å². The lowest BCUT2D eigenvalue weighted by molar-refractivity contribution is -0.152. The topological polar surface area (TPSA) is 72.8 Å². The first kappa shape index (κ1) is 7.17. The summed E-state index contributed by atoms with van der Waals surface area (Å²) in [6.07, 6.45) is -1.57. The summed E-state index contributed by atoms with van der Waals surface area (Å²) in [5.74, 6) is -1.11. The van der Waals surface area contributed by atoms with Crippen molar-refractivity contribution >= 4 is 12.3 Å². The molecule has 1 rings (SSSR count). The van der Waals surface area contributed by atoms with Gasteiger partial charge in [-0.15, -0.1) is 0 Å². The highest BCUT2D eigenvalue weighted by molar-refractivity contribution is 5.73. The molecule has 1 heterocycles. The van der Waals surface area contributed by atoms with Crippen LogP contribution < -0.4 is 0 Å². The van der Waals surface area contributed by atoms with Crippen LogP contribution in [0, 0.1) is 0 Å². The van der Waals surface area contributed by atoms with Crippen molar-refractivity contribution in [1.82, 2.24) is 0 Å². The SMILES string of the molecule is O=C[C@@H]1OCC(C(=O)O)O1. The van der Waals surface area contributed by atoms with Crippen LogP contribution in [-0.2, 0) is 19.1 Å². The Kier molecular flexibility index (Phi) is 1.98. The zero-order valence-electron chi connectivity index (χ0n) is 5.02. The number of carboxylic acids is 1. The van der Waals surface area contributed by atoms with Crippen molar-refractivity contribution in [2.24, 2.45) is 0 Å². The molecule has 1 aliphatic heterocycles. The molecule has 1 aliphatic rings. The Bertz CT molecular complexity index is 154. The average molecular weight is 146 g/mol. The fourth-order valence-corrected chi connectivity index (χ4v) is 0.624. The molecule has 2 atom stereocenters. The van der Waals surface area contributed by atoms with E-state index in [0.717, 1.165) is 0 Å². The highest BCUT2D eigenvalue weighted by atomic mass is 16.7. The Labute approximate surface area is 56.5 Å². The van der Waals surface area contributed by atoms with E-state index in [2.05, 4.69) is 9.47 Å². The summed E-state index contributed by atoms with van der Waals surface area (Å²) in [6, 6.07) is 0. The first-order valence-electron chi connectivity index (χ1n) is 2.69. The van der Waals surface area contributed by atoms with Crippen molar-refractivity contribution in [3.05, 3.63) is 0 Å². The van der Waals surface area contributed by atoms with Crippen molar-refractivity contribution < 1.29 is 24.2 Å². The normalized spacial score (nSPS) is 32.0. The molecule has 0 aromatic carbocycles. The number of carbonyl (C=O) groups excluding carboxylic acids is 1. The number of carboxylic acid groups (broad SMARTS) is 1. The number of hydrogen-bond acceptors (Lipinski definition) is 4. The quantitative estimate of drug-likeness (QED) is 0.506. The molecule has 1 saturated heterocycles. The van der Waals surface area contributed by atoms with Crippen LogP contribution in [-0.4, -0.2) is 36.4 Å². The van der Waals surface area contributed by atoms with Crippen molar-refractivity contribution in [2.45, 2.75) is 12.4 Å². The van der Waals surface area contributed by atoms with Gasteiger partial charge in [0.05, 0.1) is 6.61 Å². The first-order chi connectivity index (χ1) is 4.74. The third kappa shape index (κ3) is 1.31. The van der Waals surface area contributed by atoms with Crippen LogP contribution in [0.3, 0.4) is 0 Å². The molecule has 10 heavy (non-hydrogen) atoms. The molecule has 1 N–H and O–H groups in total. The van der Waals surface area contributed by atoms with Gasteiger partial charge in [0.2, 0.25) is 6.29 Å². The van der Waals surface area contributed by atoms with E-state index < -0.39 is 18.4 Å². The summed E-state index contributed by atoms with van der Waals surface area (Å²) in [7, 11) is 0. The maximum atomic E-state index is 10.1. The first-order valence-corrected chi connectivity index (χ1v) is 2.69. The summed E-state index contributed by atoms with van der Waals surface area (Å²) in [4.78, 5) is 20.1. The molecule has 0 amide bonds. The Hall–Kier alpha value is -0.940. The van der Waals surface area contributed by atoms with E-state index in [0.29, 0.717) is 6.29 Å². The van der Waals surface area contributed by atoms with Gasteiger partial charge in [-0.3, -0.25) is 4.79 Å². The molecule has 1 fully saturated rings. The fourth-order valence-electron chi connectivity index (χ4n) is 0.624. The van der Waals surface area contributed by atoms with Gasteiger partial charge in [0.1, 0.15) is 0 Å². The summed E-state index contributed by atoms with van der Waals surface area (Å²) in [5.41, 5.74) is 0. The predicted molar refractivity (Wildman–Crippen MR) is 28.3 cm³/mol. The minimum absolute atomic E-state index is 0.0568. The van der Waals surface area contributed by atoms with Gasteiger partial charge >= 0.3 is 5.97 Å². The maximum absolute atomic E-state index is 10.1. The van der Waals surface area contributed by atoms with E-state index in [1.165, 1.54) is 0 Å². The highest BCUT2D eigenvalue weighted by Crippen LogP contribution is 2.08. The standard InChI is InChI=1S/C5H6O5/c6-1-4-9-2-3(10-4)5(7)8/h1,3-4H,2H2,(H,7,8)/t3?,4-/m1/s1. The van der Waals surface area contributed by atoms with Crippen LogP contribution in [0.25, 0.3) is 0 Å². The minimum atomic E-state index is -1.11. The van der Waals surface area contributed by atoms with Crippen LogP contribution in [0.4, 0.5) is 0 Å². The lowest BCUT2D eigenvalue weighted by atomic mass is 10.4. The Balaban J connectivity index is 2.42. The molecule has 0 bridgehead atoms. The third-order valence-corrected chi connectivity index (χ3v) is 1.10. The van der Waals surface area contributed by atoms with Gasteiger partial charge in [-0.25, -0.2) is 4.79 Å². The second kappa shape index (κ2) is 2.76. The van der Waals surface area contributed by atoms with E-state index in [4.69, 9.17) is 5.11 Å². The van der Waals surface area contributed by atoms with Crippen molar-refractivity contribution in [1.29, 1.82) is 0 Å². The van der Waals surface area contributed by atoms with E-state index >= 15 is 0 Å². The van der Waals surface area contributed by atoms with Gasteiger partial charge in [0, 0.05) is 0 Å². The van der Waals surface area contributed by atoms with E-state index in [9.17, 15) is 9.59 Å². The molecule has 1 unspecified atom stereocenters. The summed E-state index contributed by atoms with van der Waals surface area (Å²) in [5, 5.41) is 8.31. The third-order valence-electron chi connectivity index (χ3n) is 1.10.